The molecule has 106 valence electrons. The van der Waals surface area contributed by atoms with Gasteiger partial charge in [-0.25, -0.2) is 13.4 Å². The summed E-state index contributed by atoms with van der Waals surface area (Å²) in [6.45, 7) is 1.22. The fourth-order valence-corrected chi connectivity index (χ4v) is 4.05. The summed E-state index contributed by atoms with van der Waals surface area (Å²) in [5, 5.41) is 2.85. The summed E-state index contributed by atoms with van der Waals surface area (Å²) in [5.74, 6) is 0.421. The van der Waals surface area contributed by atoms with Gasteiger partial charge in [-0.3, -0.25) is 0 Å². The molecule has 2 heterocycles. The molecule has 1 fully saturated rings. The van der Waals surface area contributed by atoms with E-state index in [1.807, 2.05) is 0 Å². The quantitative estimate of drug-likeness (QED) is 0.922. The minimum atomic E-state index is -3.44. The third-order valence-corrected chi connectivity index (χ3v) is 5.37. The van der Waals surface area contributed by atoms with Crippen molar-refractivity contribution >= 4 is 15.8 Å². The maximum absolute atomic E-state index is 12.7. The first-order valence-electron chi connectivity index (χ1n) is 6.79. The lowest BCUT2D eigenvalue weighted by Crippen LogP contribution is -2.34. The van der Waals surface area contributed by atoms with E-state index >= 15 is 0 Å². The highest BCUT2D eigenvalue weighted by atomic mass is 32.2. The van der Waals surface area contributed by atoms with Gasteiger partial charge < -0.3 is 5.32 Å². The van der Waals surface area contributed by atoms with Crippen molar-refractivity contribution in [2.75, 3.05) is 25.5 Å². The zero-order chi connectivity index (χ0) is 13.7. The van der Waals surface area contributed by atoms with E-state index in [9.17, 15) is 8.42 Å². The zero-order valence-corrected chi connectivity index (χ0v) is 12.1. The Morgan fingerprint density at radius 2 is 1.79 bits per heavy atom. The molecule has 2 rings (SSSR count). The Morgan fingerprint density at radius 3 is 2.42 bits per heavy atom. The van der Waals surface area contributed by atoms with Crippen molar-refractivity contribution < 1.29 is 8.42 Å². The predicted octanol–water partition coefficient (Wildman–Crippen LogP) is 2.08. The summed E-state index contributed by atoms with van der Waals surface area (Å²) in [7, 11) is -1.75. The number of anilines is 1. The summed E-state index contributed by atoms with van der Waals surface area (Å²) in [5.41, 5.74) is 0. The molecular weight excluding hydrogens is 262 g/mol. The molecule has 1 aliphatic rings. The number of aromatic nitrogens is 1. The van der Waals surface area contributed by atoms with Crippen LogP contribution in [0.1, 0.15) is 32.1 Å². The second-order valence-electron chi connectivity index (χ2n) is 4.77. The van der Waals surface area contributed by atoms with Gasteiger partial charge in [0.1, 0.15) is 10.7 Å². The minimum absolute atomic E-state index is 0.276. The van der Waals surface area contributed by atoms with Crippen LogP contribution < -0.4 is 5.32 Å². The molecule has 0 aliphatic carbocycles. The van der Waals surface area contributed by atoms with Crippen LogP contribution in [0.15, 0.2) is 23.2 Å². The van der Waals surface area contributed by atoms with Crippen LogP contribution in [0.3, 0.4) is 0 Å². The van der Waals surface area contributed by atoms with Gasteiger partial charge in [0.15, 0.2) is 0 Å². The lowest BCUT2D eigenvalue weighted by atomic mass is 10.1. The van der Waals surface area contributed by atoms with Crippen LogP contribution in [-0.2, 0) is 10.0 Å². The van der Waals surface area contributed by atoms with Gasteiger partial charge in [-0.15, -0.1) is 0 Å². The molecule has 1 aliphatic heterocycles. The molecule has 0 unspecified atom stereocenters. The molecule has 1 aromatic heterocycles. The molecular formula is C13H21N3O2S. The number of pyridine rings is 1. The van der Waals surface area contributed by atoms with Gasteiger partial charge in [0, 0.05) is 26.3 Å². The van der Waals surface area contributed by atoms with Crippen LogP contribution in [0.2, 0.25) is 0 Å². The smallest absolute Gasteiger partial charge is 0.246 e. The Bertz CT molecular complexity index is 508. The third-order valence-electron chi connectivity index (χ3n) is 3.44. The van der Waals surface area contributed by atoms with E-state index in [0.717, 1.165) is 25.7 Å². The zero-order valence-electron chi connectivity index (χ0n) is 11.3. The summed E-state index contributed by atoms with van der Waals surface area (Å²) in [6.07, 6.45) is 6.90. The largest absolute Gasteiger partial charge is 0.372 e. The number of nitrogens with zero attached hydrogens (tertiary/aromatic N) is 2. The molecule has 0 aromatic carbocycles. The number of sulfonamides is 1. The Kier molecular flexibility index (Phi) is 4.76. The van der Waals surface area contributed by atoms with Gasteiger partial charge in [-0.05, 0) is 25.0 Å². The maximum atomic E-state index is 12.7. The summed E-state index contributed by atoms with van der Waals surface area (Å²) in [4.78, 5) is 4.36. The highest BCUT2D eigenvalue weighted by Gasteiger charge is 2.27. The van der Waals surface area contributed by atoms with Crippen LogP contribution in [-0.4, -0.2) is 37.8 Å². The topological polar surface area (TPSA) is 62.3 Å². The lowest BCUT2D eigenvalue weighted by Gasteiger charge is -2.24. The monoisotopic (exact) mass is 283 g/mol. The van der Waals surface area contributed by atoms with Gasteiger partial charge in [0.2, 0.25) is 10.0 Å². The average Bonchev–Trinajstić information content (AvgIpc) is 2.37. The van der Waals surface area contributed by atoms with Crippen molar-refractivity contribution in [3.05, 3.63) is 18.3 Å². The second kappa shape index (κ2) is 6.34. The van der Waals surface area contributed by atoms with Crippen molar-refractivity contribution in [2.24, 2.45) is 0 Å². The van der Waals surface area contributed by atoms with Crippen molar-refractivity contribution in [1.82, 2.24) is 9.29 Å². The molecule has 5 nitrogen and oxygen atoms in total. The van der Waals surface area contributed by atoms with Crippen LogP contribution >= 0.6 is 0 Å². The average molecular weight is 283 g/mol. The van der Waals surface area contributed by atoms with E-state index in [-0.39, 0.29) is 4.90 Å². The Hall–Kier alpha value is -1.14. The van der Waals surface area contributed by atoms with Gasteiger partial charge in [-0.2, -0.15) is 4.31 Å². The normalized spacial score (nSPS) is 18.6. The molecule has 1 aromatic rings. The fraction of sp³-hybridized carbons (Fsp3) is 0.615. The number of hydrogen-bond donors (Lipinski definition) is 1. The standard InChI is InChI=1S/C13H21N3O2S/c1-14-13-12(8-7-9-15-13)19(17,18)16-10-5-3-2-4-6-11-16/h7-9H,2-6,10-11H2,1H3,(H,14,15). The number of hydrogen-bond acceptors (Lipinski definition) is 4. The fourth-order valence-electron chi connectivity index (χ4n) is 2.38. The first kappa shape index (κ1) is 14.3. The molecule has 0 atom stereocenters. The van der Waals surface area contributed by atoms with Crippen LogP contribution in [0.25, 0.3) is 0 Å². The number of rotatable bonds is 3. The van der Waals surface area contributed by atoms with E-state index in [4.69, 9.17) is 0 Å². The number of nitrogens with one attached hydrogen (secondary N) is 1. The third kappa shape index (κ3) is 3.25. The van der Waals surface area contributed by atoms with Gasteiger partial charge in [0.25, 0.3) is 0 Å². The molecule has 0 radical (unpaired) electrons. The summed E-state index contributed by atoms with van der Waals surface area (Å²) >= 11 is 0. The van der Waals surface area contributed by atoms with Crippen molar-refractivity contribution in [2.45, 2.75) is 37.0 Å². The Balaban J connectivity index is 2.29. The lowest BCUT2D eigenvalue weighted by molar-refractivity contribution is 0.364. The molecule has 0 amide bonds. The molecule has 19 heavy (non-hydrogen) atoms. The van der Waals surface area contributed by atoms with E-state index in [2.05, 4.69) is 10.3 Å². The van der Waals surface area contributed by atoms with E-state index in [1.54, 1.807) is 29.7 Å². The predicted molar refractivity (Wildman–Crippen MR) is 75.6 cm³/mol. The van der Waals surface area contributed by atoms with Crippen molar-refractivity contribution in [1.29, 1.82) is 0 Å². The van der Waals surface area contributed by atoms with E-state index in [0.29, 0.717) is 18.9 Å². The minimum Gasteiger partial charge on any atom is -0.372 e. The van der Waals surface area contributed by atoms with Crippen molar-refractivity contribution in [3.8, 4) is 0 Å². The maximum Gasteiger partial charge on any atom is 0.246 e. The van der Waals surface area contributed by atoms with E-state index < -0.39 is 10.0 Å². The molecule has 0 saturated carbocycles. The SMILES string of the molecule is CNc1ncccc1S(=O)(=O)N1CCCCCCC1. The molecule has 0 spiro atoms. The van der Waals surface area contributed by atoms with E-state index in [1.165, 1.54) is 6.42 Å². The first-order valence-corrected chi connectivity index (χ1v) is 8.23. The Morgan fingerprint density at radius 1 is 1.16 bits per heavy atom. The molecule has 0 bridgehead atoms. The Labute approximate surface area is 115 Å². The summed E-state index contributed by atoms with van der Waals surface area (Å²) in [6, 6.07) is 3.28. The second-order valence-corrected chi connectivity index (χ2v) is 6.68. The summed E-state index contributed by atoms with van der Waals surface area (Å²) < 4.78 is 27.0. The van der Waals surface area contributed by atoms with Gasteiger partial charge in [0.05, 0.1) is 0 Å². The molecule has 1 N–H and O–H groups in total. The van der Waals surface area contributed by atoms with Gasteiger partial charge in [-0.1, -0.05) is 19.3 Å². The highest BCUT2D eigenvalue weighted by molar-refractivity contribution is 7.89. The first-order chi connectivity index (χ1) is 9.16. The highest BCUT2D eigenvalue weighted by Crippen LogP contribution is 2.24. The van der Waals surface area contributed by atoms with Crippen LogP contribution in [0.5, 0.6) is 0 Å². The van der Waals surface area contributed by atoms with Crippen molar-refractivity contribution in [3.63, 3.8) is 0 Å². The van der Waals surface area contributed by atoms with Gasteiger partial charge >= 0.3 is 0 Å². The molecule has 1 saturated heterocycles. The van der Waals surface area contributed by atoms with Crippen LogP contribution in [0, 0.1) is 0 Å². The van der Waals surface area contributed by atoms with Crippen LogP contribution in [0.4, 0.5) is 5.82 Å². The molecule has 6 heteroatoms.